The van der Waals surface area contributed by atoms with Crippen molar-refractivity contribution in [2.45, 2.75) is 6.92 Å². The Morgan fingerprint density at radius 3 is 2.63 bits per heavy atom. The second-order valence-corrected chi connectivity index (χ2v) is 5.58. The highest BCUT2D eigenvalue weighted by Crippen LogP contribution is 2.28. The summed E-state index contributed by atoms with van der Waals surface area (Å²) in [5, 5.41) is 3.19. The molecule has 0 bridgehead atoms. The molecule has 0 atom stereocenters. The van der Waals surface area contributed by atoms with Crippen LogP contribution in [0.4, 0.5) is 11.4 Å². The van der Waals surface area contributed by atoms with Crippen molar-refractivity contribution in [2.75, 3.05) is 11.1 Å². The zero-order valence-corrected chi connectivity index (χ0v) is 13.1. The number of aryl methyl sites for hydroxylation is 1. The fourth-order valence-corrected chi connectivity index (χ4v) is 2.51. The maximum atomic E-state index is 12.3. The molecule has 0 saturated heterocycles. The number of anilines is 2. The molecule has 3 nitrogen and oxygen atoms in total. The van der Waals surface area contributed by atoms with Crippen LogP contribution in [-0.4, -0.2) is 5.91 Å². The topological polar surface area (TPSA) is 55.1 Å². The number of hydrogen-bond donors (Lipinski definition) is 2. The summed E-state index contributed by atoms with van der Waals surface area (Å²) < 4.78 is 0.920. The zero-order chi connectivity index (χ0) is 14.0. The Labute approximate surface area is 130 Å². The van der Waals surface area contributed by atoms with Crippen molar-refractivity contribution < 1.29 is 4.79 Å². The van der Waals surface area contributed by atoms with Crippen LogP contribution in [0.2, 0.25) is 5.02 Å². The molecule has 3 N–H and O–H groups in total. The first-order valence-corrected chi connectivity index (χ1v) is 7.07. The van der Waals surface area contributed by atoms with Gasteiger partial charge in [0.15, 0.2) is 0 Å². The van der Waals surface area contributed by atoms with Crippen LogP contribution in [0.1, 0.15) is 15.9 Å². The van der Waals surface area contributed by atoms with Crippen molar-refractivity contribution in [2.24, 2.45) is 0 Å². The molecule has 0 heterocycles. The number of nitrogens with one attached hydrogen (secondary N) is 1. The third-order valence-electron chi connectivity index (χ3n) is 2.72. The highest BCUT2D eigenvalue weighted by atomic mass is 127. The number of rotatable bonds is 2. The molecule has 1 amide bonds. The van der Waals surface area contributed by atoms with E-state index in [0.29, 0.717) is 22.0 Å². The highest BCUT2D eigenvalue weighted by molar-refractivity contribution is 14.1. The Morgan fingerprint density at radius 2 is 1.95 bits per heavy atom. The van der Waals surface area contributed by atoms with Gasteiger partial charge in [0.25, 0.3) is 5.91 Å². The van der Waals surface area contributed by atoms with Crippen LogP contribution in [0.25, 0.3) is 0 Å². The molecule has 0 fully saturated rings. The lowest BCUT2D eigenvalue weighted by molar-refractivity contribution is 0.102. The maximum Gasteiger partial charge on any atom is 0.256 e. The van der Waals surface area contributed by atoms with E-state index in [1.807, 2.05) is 19.1 Å². The number of carbonyl (C=O) groups is 1. The van der Waals surface area contributed by atoms with Gasteiger partial charge in [0.1, 0.15) is 0 Å². The Bertz CT molecular complexity index is 623. The molecule has 0 aliphatic rings. The minimum Gasteiger partial charge on any atom is -0.397 e. The van der Waals surface area contributed by atoms with Crippen molar-refractivity contribution in [1.82, 2.24) is 0 Å². The molecule has 0 aliphatic carbocycles. The second-order valence-electron chi connectivity index (χ2n) is 4.09. The first-order valence-electron chi connectivity index (χ1n) is 5.61. The van der Waals surface area contributed by atoms with Gasteiger partial charge in [-0.25, -0.2) is 0 Å². The fraction of sp³-hybridized carbons (Fsp3) is 0.0714. The number of benzene rings is 2. The molecule has 0 unspecified atom stereocenters. The van der Waals surface area contributed by atoms with E-state index in [4.69, 9.17) is 17.3 Å². The molecule has 0 saturated carbocycles. The van der Waals surface area contributed by atoms with Crippen LogP contribution >= 0.6 is 34.2 Å². The summed E-state index contributed by atoms with van der Waals surface area (Å²) in [4.78, 5) is 12.3. The van der Waals surface area contributed by atoms with Gasteiger partial charge in [0, 0.05) is 3.57 Å². The molecular formula is C14H12ClIN2O. The van der Waals surface area contributed by atoms with Crippen molar-refractivity contribution in [1.29, 1.82) is 0 Å². The van der Waals surface area contributed by atoms with Gasteiger partial charge in [0.2, 0.25) is 0 Å². The van der Waals surface area contributed by atoms with Crippen LogP contribution in [0.3, 0.4) is 0 Å². The Morgan fingerprint density at radius 1 is 1.26 bits per heavy atom. The van der Waals surface area contributed by atoms with E-state index in [1.165, 1.54) is 0 Å². The van der Waals surface area contributed by atoms with E-state index >= 15 is 0 Å². The van der Waals surface area contributed by atoms with Crippen molar-refractivity contribution in [3.05, 3.63) is 56.1 Å². The molecule has 98 valence electrons. The van der Waals surface area contributed by atoms with E-state index in [1.54, 1.807) is 24.3 Å². The van der Waals surface area contributed by atoms with Crippen LogP contribution < -0.4 is 11.1 Å². The Kier molecular flexibility index (Phi) is 4.31. The van der Waals surface area contributed by atoms with E-state index in [2.05, 4.69) is 27.9 Å². The number of nitrogens with two attached hydrogens (primary N) is 1. The summed E-state index contributed by atoms with van der Waals surface area (Å²) in [6.45, 7) is 1.96. The first-order chi connectivity index (χ1) is 9.00. The van der Waals surface area contributed by atoms with Gasteiger partial charge in [-0.1, -0.05) is 29.8 Å². The SMILES string of the molecule is Cc1cccc(C(=O)Nc2c(N)cccc2Cl)c1I. The number of amides is 1. The number of para-hydroxylation sites is 1. The van der Waals surface area contributed by atoms with E-state index in [0.717, 1.165) is 9.13 Å². The maximum absolute atomic E-state index is 12.3. The summed E-state index contributed by atoms with van der Waals surface area (Å²) in [6, 6.07) is 10.7. The minimum absolute atomic E-state index is 0.215. The van der Waals surface area contributed by atoms with E-state index in [9.17, 15) is 4.79 Å². The molecule has 0 spiro atoms. The van der Waals surface area contributed by atoms with Crippen molar-refractivity contribution >= 4 is 51.5 Å². The Balaban J connectivity index is 2.34. The normalized spacial score (nSPS) is 10.3. The standard InChI is InChI=1S/C14H12ClIN2O/c1-8-4-2-5-9(12(8)16)14(19)18-13-10(15)6-3-7-11(13)17/h2-7H,17H2,1H3,(H,18,19). The van der Waals surface area contributed by atoms with E-state index in [-0.39, 0.29) is 5.91 Å². The summed E-state index contributed by atoms with van der Waals surface area (Å²) in [5.41, 5.74) is 8.38. The summed E-state index contributed by atoms with van der Waals surface area (Å²) >= 11 is 8.19. The van der Waals surface area contributed by atoms with Crippen LogP contribution in [-0.2, 0) is 0 Å². The molecule has 0 aromatic heterocycles. The van der Waals surface area contributed by atoms with Crippen LogP contribution in [0.15, 0.2) is 36.4 Å². The smallest absolute Gasteiger partial charge is 0.256 e. The number of hydrogen-bond acceptors (Lipinski definition) is 2. The molecule has 2 aromatic carbocycles. The molecule has 5 heteroatoms. The Hall–Kier alpha value is -1.27. The van der Waals surface area contributed by atoms with Crippen molar-refractivity contribution in [3.63, 3.8) is 0 Å². The van der Waals surface area contributed by atoms with E-state index < -0.39 is 0 Å². The van der Waals surface area contributed by atoms with Crippen LogP contribution in [0.5, 0.6) is 0 Å². The summed E-state index contributed by atoms with van der Waals surface area (Å²) in [5.74, 6) is -0.215. The first kappa shape index (κ1) is 14.1. The average molecular weight is 387 g/mol. The lowest BCUT2D eigenvalue weighted by Gasteiger charge is -2.11. The molecule has 0 aliphatic heterocycles. The highest BCUT2D eigenvalue weighted by Gasteiger charge is 2.14. The fourth-order valence-electron chi connectivity index (χ4n) is 1.68. The van der Waals surface area contributed by atoms with Gasteiger partial charge in [0.05, 0.1) is 22.0 Å². The van der Waals surface area contributed by atoms with Crippen molar-refractivity contribution in [3.8, 4) is 0 Å². The minimum atomic E-state index is -0.215. The predicted octanol–water partition coefficient (Wildman–Crippen LogP) is 4.09. The lowest BCUT2D eigenvalue weighted by atomic mass is 10.1. The third-order valence-corrected chi connectivity index (χ3v) is 4.47. The molecular weight excluding hydrogens is 375 g/mol. The summed E-state index contributed by atoms with van der Waals surface area (Å²) in [6.07, 6.45) is 0. The van der Waals surface area contributed by atoms with Gasteiger partial charge in [-0.2, -0.15) is 0 Å². The largest absolute Gasteiger partial charge is 0.397 e. The number of halogens is 2. The quantitative estimate of drug-likeness (QED) is 0.603. The van der Waals surface area contributed by atoms with Crippen LogP contribution in [0, 0.1) is 10.5 Å². The molecule has 2 rings (SSSR count). The number of carbonyl (C=O) groups excluding carboxylic acids is 1. The lowest BCUT2D eigenvalue weighted by Crippen LogP contribution is -2.15. The second kappa shape index (κ2) is 5.79. The average Bonchev–Trinajstić information content (AvgIpc) is 2.37. The van der Waals surface area contributed by atoms with Gasteiger partial charge < -0.3 is 11.1 Å². The monoisotopic (exact) mass is 386 g/mol. The number of nitrogen functional groups attached to an aromatic ring is 1. The third kappa shape index (κ3) is 3.01. The zero-order valence-electron chi connectivity index (χ0n) is 10.2. The van der Waals surface area contributed by atoms with Gasteiger partial charge >= 0.3 is 0 Å². The predicted molar refractivity (Wildman–Crippen MR) is 87.7 cm³/mol. The van der Waals surface area contributed by atoms with Gasteiger partial charge in [-0.15, -0.1) is 0 Å². The molecule has 19 heavy (non-hydrogen) atoms. The summed E-state index contributed by atoms with van der Waals surface area (Å²) in [7, 11) is 0. The van der Waals surface area contributed by atoms with Gasteiger partial charge in [-0.05, 0) is 53.3 Å². The van der Waals surface area contributed by atoms with Gasteiger partial charge in [-0.3, -0.25) is 4.79 Å². The molecule has 0 radical (unpaired) electrons. The molecule has 2 aromatic rings.